The molecular formula is C15H21N3O3. The van der Waals surface area contributed by atoms with Gasteiger partial charge in [-0.2, -0.15) is 0 Å². The van der Waals surface area contributed by atoms with Gasteiger partial charge < -0.3 is 10.6 Å². The first-order valence-corrected chi connectivity index (χ1v) is 7.25. The molecule has 1 aromatic carbocycles. The molecule has 1 aliphatic heterocycles. The summed E-state index contributed by atoms with van der Waals surface area (Å²) < 4.78 is 0. The van der Waals surface area contributed by atoms with E-state index in [0.29, 0.717) is 11.5 Å². The van der Waals surface area contributed by atoms with Crippen LogP contribution in [0, 0.1) is 23.0 Å². The number of amides is 1. The molecule has 1 saturated heterocycles. The van der Waals surface area contributed by atoms with Gasteiger partial charge in [-0.25, -0.2) is 0 Å². The number of nitro groups is 1. The Morgan fingerprint density at radius 2 is 2.10 bits per heavy atom. The molecule has 0 radical (unpaired) electrons. The molecule has 114 valence electrons. The number of carbonyl (C=O) groups excluding carboxylic acids is 1. The van der Waals surface area contributed by atoms with Gasteiger partial charge in [-0.3, -0.25) is 14.9 Å². The number of non-ortho nitro benzene ring substituents is 1. The number of benzene rings is 1. The number of rotatable bonds is 4. The fraction of sp³-hybridized carbons (Fsp3) is 0.533. The zero-order valence-corrected chi connectivity index (χ0v) is 12.4. The van der Waals surface area contributed by atoms with Crippen LogP contribution in [0.1, 0.15) is 35.7 Å². The molecular weight excluding hydrogens is 270 g/mol. The van der Waals surface area contributed by atoms with Crippen molar-refractivity contribution in [1.29, 1.82) is 0 Å². The molecule has 21 heavy (non-hydrogen) atoms. The van der Waals surface area contributed by atoms with Gasteiger partial charge in [0.1, 0.15) is 0 Å². The van der Waals surface area contributed by atoms with Crippen LogP contribution in [0.4, 0.5) is 5.69 Å². The van der Waals surface area contributed by atoms with Gasteiger partial charge in [-0.1, -0.05) is 6.07 Å². The number of hydrogen-bond acceptors (Lipinski definition) is 4. The first kappa shape index (κ1) is 15.4. The highest BCUT2D eigenvalue weighted by molar-refractivity contribution is 5.96. The maximum Gasteiger partial charge on any atom is 0.270 e. The summed E-state index contributed by atoms with van der Waals surface area (Å²) in [4.78, 5) is 22.7. The third-order valence-corrected chi connectivity index (χ3v) is 4.13. The zero-order chi connectivity index (χ0) is 15.4. The highest BCUT2D eigenvalue weighted by atomic mass is 16.6. The molecule has 0 aliphatic carbocycles. The van der Waals surface area contributed by atoms with Gasteiger partial charge in [0.15, 0.2) is 0 Å². The minimum absolute atomic E-state index is 0.0553. The van der Waals surface area contributed by atoms with Crippen molar-refractivity contribution in [1.82, 2.24) is 10.6 Å². The van der Waals surface area contributed by atoms with Crippen LogP contribution >= 0.6 is 0 Å². The van der Waals surface area contributed by atoms with E-state index in [1.54, 1.807) is 13.0 Å². The zero-order valence-electron chi connectivity index (χ0n) is 12.4. The van der Waals surface area contributed by atoms with E-state index in [9.17, 15) is 14.9 Å². The summed E-state index contributed by atoms with van der Waals surface area (Å²) in [5.41, 5.74) is 1.07. The fourth-order valence-corrected chi connectivity index (χ4v) is 2.71. The summed E-state index contributed by atoms with van der Waals surface area (Å²) >= 11 is 0. The van der Waals surface area contributed by atoms with Crippen molar-refractivity contribution in [2.45, 2.75) is 32.7 Å². The average molecular weight is 291 g/mol. The van der Waals surface area contributed by atoms with Crippen LogP contribution in [0.3, 0.4) is 0 Å². The Balaban J connectivity index is 2.08. The molecule has 1 unspecified atom stereocenters. The van der Waals surface area contributed by atoms with Gasteiger partial charge in [0, 0.05) is 23.7 Å². The molecule has 1 atom stereocenters. The SMILES string of the molecule is Cc1ccc([N+](=O)[O-])cc1C(=O)NC(C)C1CCNCC1. The summed E-state index contributed by atoms with van der Waals surface area (Å²) in [5.74, 6) is 0.219. The topological polar surface area (TPSA) is 84.3 Å². The van der Waals surface area contributed by atoms with Crippen LogP contribution in [-0.4, -0.2) is 30.0 Å². The number of piperidine rings is 1. The van der Waals surface area contributed by atoms with E-state index in [0.717, 1.165) is 31.5 Å². The van der Waals surface area contributed by atoms with Crippen LogP contribution < -0.4 is 10.6 Å². The maximum atomic E-state index is 12.3. The number of nitrogens with zero attached hydrogens (tertiary/aromatic N) is 1. The number of hydrogen-bond donors (Lipinski definition) is 2. The molecule has 0 saturated carbocycles. The summed E-state index contributed by atoms with van der Waals surface area (Å²) in [7, 11) is 0. The van der Waals surface area contributed by atoms with Gasteiger partial charge in [0.25, 0.3) is 11.6 Å². The molecule has 0 aromatic heterocycles. The fourth-order valence-electron chi connectivity index (χ4n) is 2.71. The Morgan fingerprint density at radius 1 is 1.43 bits per heavy atom. The van der Waals surface area contributed by atoms with Crippen molar-refractivity contribution < 1.29 is 9.72 Å². The summed E-state index contributed by atoms with van der Waals surface area (Å²) in [6.07, 6.45) is 2.07. The Kier molecular flexibility index (Phi) is 4.90. The van der Waals surface area contributed by atoms with E-state index < -0.39 is 4.92 Å². The number of nitro benzene ring substituents is 1. The molecule has 0 spiro atoms. The lowest BCUT2D eigenvalue weighted by molar-refractivity contribution is -0.384. The van der Waals surface area contributed by atoms with Crippen LogP contribution in [0.5, 0.6) is 0 Å². The lowest BCUT2D eigenvalue weighted by Gasteiger charge is -2.29. The predicted molar refractivity (Wildman–Crippen MR) is 80.4 cm³/mol. The average Bonchev–Trinajstić information content (AvgIpc) is 2.48. The molecule has 1 amide bonds. The van der Waals surface area contributed by atoms with Gasteiger partial charge >= 0.3 is 0 Å². The molecule has 6 nitrogen and oxygen atoms in total. The number of carbonyl (C=O) groups is 1. The smallest absolute Gasteiger partial charge is 0.270 e. The number of aryl methyl sites for hydroxylation is 1. The standard InChI is InChI=1S/C15H21N3O3/c1-10-3-4-13(18(20)21)9-14(10)15(19)17-11(2)12-5-7-16-8-6-12/h3-4,9,11-12,16H,5-8H2,1-2H3,(H,17,19). The van der Waals surface area contributed by atoms with Crippen LogP contribution in [-0.2, 0) is 0 Å². The lowest BCUT2D eigenvalue weighted by atomic mass is 9.91. The van der Waals surface area contributed by atoms with E-state index >= 15 is 0 Å². The van der Waals surface area contributed by atoms with Gasteiger partial charge in [-0.15, -0.1) is 0 Å². The molecule has 6 heteroatoms. The van der Waals surface area contributed by atoms with E-state index in [2.05, 4.69) is 10.6 Å². The minimum Gasteiger partial charge on any atom is -0.349 e. The van der Waals surface area contributed by atoms with Crippen LogP contribution in [0.25, 0.3) is 0 Å². The Hall–Kier alpha value is -1.95. The molecule has 2 N–H and O–H groups in total. The Morgan fingerprint density at radius 3 is 2.71 bits per heavy atom. The van der Waals surface area contributed by atoms with Gasteiger partial charge in [-0.05, 0) is 51.3 Å². The minimum atomic E-state index is -0.480. The quantitative estimate of drug-likeness (QED) is 0.656. The van der Waals surface area contributed by atoms with E-state index in [4.69, 9.17) is 0 Å². The first-order chi connectivity index (χ1) is 9.99. The Labute approximate surface area is 124 Å². The monoisotopic (exact) mass is 291 g/mol. The second-order valence-corrected chi connectivity index (χ2v) is 5.61. The molecule has 1 heterocycles. The maximum absolute atomic E-state index is 12.3. The normalized spacial score (nSPS) is 17.2. The van der Waals surface area contributed by atoms with E-state index in [-0.39, 0.29) is 17.6 Å². The van der Waals surface area contributed by atoms with E-state index in [1.165, 1.54) is 12.1 Å². The van der Waals surface area contributed by atoms with Crippen molar-refractivity contribution in [3.05, 3.63) is 39.4 Å². The van der Waals surface area contributed by atoms with Crippen LogP contribution in [0.15, 0.2) is 18.2 Å². The van der Waals surface area contributed by atoms with Crippen LogP contribution in [0.2, 0.25) is 0 Å². The molecule has 1 aromatic rings. The largest absolute Gasteiger partial charge is 0.349 e. The van der Waals surface area contributed by atoms with Crippen molar-refractivity contribution in [2.24, 2.45) is 5.92 Å². The van der Waals surface area contributed by atoms with E-state index in [1.807, 2.05) is 6.92 Å². The van der Waals surface area contributed by atoms with Crippen molar-refractivity contribution in [2.75, 3.05) is 13.1 Å². The first-order valence-electron chi connectivity index (χ1n) is 7.25. The van der Waals surface area contributed by atoms with Crippen molar-refractivity contribution >= 4 is 11.6 Å². The second kappa shape index (κ2) is 6.67. The molecule has 1 fully saturated rings. The van der Waals surface area contributed by atoms with Crippen molar-refractivity contribution in [3.8, 4) is 0 Å². The second-order valence-electron chi connectivity index (χ2n) is 5.61. The summed E-state index contributed by atoms with van der Waals surface area (Å²) in [6, 6.07) is 4.45. The summed E-state index contributed by atoms with van der Waals surface area (Å²) in [6.45, 7) is 5.73. The lowest BCUT2D eigenvalue weighted by Crippen LogP contribution is -2.42. The third kappa shape index (κ3) is 3.78. The van der Waals surface area contributed by atoms with Crippen molar-refractivity contribution in [3.63, 3.8) is 0 Å². The third-order valence-electron chi connectivity index (χ3n) is 4.13. The molecule has 0 bridgehead atoms. The highest BCUT2D eigenvalue weighted by Gasteiger charge is 2.23. The summed E-state index contributed by atoms with van der Waals surface area (Å²) in [5, 5.41) is 17.1. The number of nitrogens with one attached hydrogen (secondary N) is 2. The highest BCUT2D eigenvalue weighted by Crippen LogP contribution is 2.19. The molecule has 1 aliphatic rings. The molecule has 2 rings (SSSR count). The Bertz CT molecular complexity index is 539. The van der Waals surface area contributed by atoms with Gasteiger partial charge in [0.2, 0.25) is 0 Å². The van der Waals surface area contributed by atoms with Gasteiger partial charge in [0.05, 0.1) is 4.92 Å². The predicted octanol–water partition coefficient (Wildman–Crippen LogP) is 2.02.